The maximum atomic E-state index is 13.2. The fourth-order valence-corrected chi connectivity index (χ4v) is 1.45. The van der Waals surface area contributed by atoms with Crippen LogP contribution in [0.2, 0.25) is 0 Å². The summed E-state index contributed by atoms with van der Waals surface area (Å²) in [6, 6.07) is 2.12. The van der Waals surface area contributed by atoms with Gasteiger partial charge < -0.3 is 10.8 Å². The molecular weight excluding hydrogens is 216 g/mol. The van der Waals surface area contributed by atoms with Gasteiger partial charge in [-0.1, -0.05) is 0 Å². The van der Waals surface area contributed by atoms with Gasteiger partial charge >= 0.3 is 5.97 Å². The highest BCUT2D eigenvalue weighted by atomic mass is 19.1. The summed E-state index contributed by atoms with van der Waals surface area (Å²) in [4.78, 5) is 10.5. The van der Waals surface area contributed by atoms with Gasteiger partial charge in [-0.3, -0.25) is 0 Å². The summed E-state index contributed by atoms with van der Waals surface area (Å²) in [6.45, 7) is 0.526. The van der Waals surface area contributed by atoms with Crippen LogP contribution in [0.3, 0.4) is 0 Å². The van der Waals surface area contributed by atoms with Crippen LogP contribution in [-0.2, 0) is 6.42 Å². The number of hydrogen-bond donors (Lipinski definition) is 2. The van der Waals surface area contributed by atoms with E-state index in [1.807, 2.05) is 0 Å². The van der Waals surface area contributed by atoms with Crippen molar-refractivity contribution in [1.29, 1.82) is 0 Å². The SMILES string of the molecule is NCCCCc1cc(F)c(C(=O)O)c(F)c1. The third kappa shape index (κ3) is 3.00. The minimum Gasteiger partial charge on any atom is -0.477 e. The Balaban J connectivity index is 2.87. The van der Waals surface area contributed by atoms with Crippen LogP contribution >= 0.6 is 0 Å². The van der Waals surface area contributed by atoms with E-state index in [2.05, 4.69) is 0 Å². The molecule has 88 valence electrons. The lowest BCUT2D eigenvalue weighted by atomic mass is 10.0. The van der Waals surface area contributed by atoms with Gasteiger partial charge in [-0.2, -0.15) is 0 Å². The van der Waals surface area contributed by atoms with Crippen LogP contribution in [0.25, 0.3) is 0 Å². The first-order valence-corrected chi connectivity index (χ1v) is 4.97. The number of carboxylic acids is 1. The molecule has 0 heterocycles. The van der Waals surface area contributed by atoms with Crippen molar-refractivity contribution in [3.63, 3.8) is 0 Å². The van der Waals surface area contributed by atoms with E-state index < -0.39 is 23.2 Å². The number of rotatable bonds is 5. The van der Waals surface area contributed by atoms with E-state index in [4.69, 9.17) is 10.8 Å². The summed E-state index contributed by atoms with van der Waals surface area (Å²) < 4.78 is 26.5. The number of aryl methyl sites for hydroxylation is 1. The van der Waals surface area contributed by atoms with Crippen LogP contribution < -0.4 is 5.73 Å². The fourth-order valence-electron chi connectivity index (χ4n) is 1.45. The second-order valence-electron chi connectivity index (χ2n) is 3.49. The van der Waals surface area contributed by atoms with Gasteiger partial charge in [0.1, 0.15) is 17.2 Å². The smallest absolute Gasteiger partial charge is 0.341 e. The molecule has 0 aromatic heterocycles. The predicted molar refractivity (Wildman–Crippen MR) is 55.3 cm³/mol. The molecule has 16 heavy (non-hydrogen) atoms. The topological polar surface area (TPSA) is 63.3 Å². The minimum atomic E-state index is -1.59. The third-order valence-electron chi connectivity index (χ3n) is 2.24. The highest BCUT2D eigenvalue weighted by Crippen LogP contribution is 2.16. The van der Waals surface area contributed by atoms with Crippen LogP contribution in [0.15, 0.2) is 12.1 Å². The summed E-state index contributed by atoms with van der Waals surface area (Å²) in [6.07, 6.45) is 1.98. The molecule has 0 fully saturated rings. The second kappa shape index (κ2) is 5.55. The Morgan fingerprint density at radius 3 is 2.25 bits per heavy atom. The number of carbonyl (C=O) groups is 1. The lowest BCUT2D eigenvalue weighted by molar-refractivity contribution is 0.0686. The van der Waals surface area contributed by atoms with E-state index in [1.54, 1.807) is 0 Å². The molecule has 0 bridgehead atoms. The van der Waals surface area contributed by atoms with Crippen molar-refractivity contribution in [1.82, 2.24) is 0 Å². The normalized spacial score (nSPS) is 10.4. The maximum absolute atomic E-state index is 13.2. The lowest BCUT2D eigenvalue weighted by Gasteiger charge is -2.04. The lowest BCUT2D eigenvalue weighted by Crippen LogP contribution is -2.06. The quantitative estimate of drug-likeness (QED) is 0.758. The van der Waals surface area contributed by atoms with E-state index in [-0.39, 0.29) is 0 Å². The minimum absolute atomic E-state index is 0.452. The van der Waals surface area contributed by atoms with Crippen molar-refractivity contribution >= 4 is 5.97 Å². The molecule has 1 rings (SSSR count). The predicted octanol–water partition coefficient (Wildman–Crippen LogP) is 1.94. The highest BCUT2D eigenvalue weighted by molar-refractivity contribution is 5.88. The second-order valence-corrected chi connectivity index (χ2v) is 3.49. The van der Waals surface area contributed by atoms with E-state index in [1.165, 1.54) is 0 Å². The van der Waals surface area contributed by atoms with Crippen molar-refractivity contribution in [3.8, 4) is 0 Å². The molecule has 0 saturated heterocycles. The Morgan fingerprint density at radius 1 is 1.25 bits per heavy atom. The van der Waals surface area contributed by atoms with Crippen molar-refractivity contribution in [3.05, 3.63) is 34.9 Å². The Bertz CT molecular complexity index is 371. The van der Waals surface area contributed by atoms with Gasteiger partial charge in [-0.25, -0.2) is 13.6 Å². The molecule has 0 amide bonds. The molecule has 3 N–H and O–H groups in total. The molecule has 0 spiro atoms. The summed E-state index contributed by atoms with van der Waals surface area (Å²) in [5.74, 6) is -3.66. The number of halogens is 2. The average Bonchev–Trinajstić information content (AvgIpc) is 2.16. The molecule has 1 aromatic rings. The van der Waals surface area contributed by atoms with E-state index in [0.717, 1.165) is 25.0 Å². The molecule has 0 radical (unpaired) electrons. The Morgan fingerprint density at radius 2 is 1.81 bits per heavy atom. The Kier molecular flexibility index (Phi) is 4.37. The Labute approximate surface area is 91.9 Å². The van der Waals surface area contributed by atoms with Gasteiger partial charge in [0.25, 0.3) is 0 Å². The maximum Gasteiger partial charge on any atom is 0.341 e. The van der Waals surface area contributed by atoms with Crippen LogP contribution in [0, 0.1) is 11.6 Å². The zero-order valence-corrected chi connectivity index (χ0v) is 8.67. The number of hydrogen-bond acceptors (Lipinski definition) is 2. The number of benzene rings is 1. The van der Waals surface area contributed by atoms with Crippen molar-refractivity contribution in [2.45, 2.75) is 19.3 Å². The molecule has 0 unspecified atom stereocenters. The van der Waals surface area contributed by atoms with Gasteiger partial charge in [0, 0.05) is 0 Å². The van der Waals surface area contributed by atoms with Crippen molar-refractivity contribution in [2.75, 3.05) is 6.54 Å². The number of unbranched alkanes of at least 4 members (excludes halogenated alkanes) is 1. The van der Waals surface area contributed by atoms with Crippen molar-refractivity contribution < 1.29 is 18.7 Å². The molecule has 3 nitrogen and oxygen atoms in total. The number of nitrogens with two attached hydrogens (primary N) is 1. The highest BCUT2D eigenvalue weighted by Gasteiger charge is 2.17. The molecular formula is C11H13F2NO2. The van der Waals surface area contributed by atoms with Gasteiger partial charge in [0.15, 0.2) is 0 Å². The Hall–Kier alpha value is -1.49. The van der Waals surface area contributed by atoms with E-state index in [9.17, 15) is 13.6 Å². The van der Waals surface area contributed by atoms with Gasteiger partial charge in [-0.05, 0) is 43.5 Å². The van der Waals surface area contributed by atoms with Crippen LogP contribution in [0.1, 0.15) is 28.8 Å². The standard InChI is InChI=1S/C11H13F2NO2/c12-8-5-7(3-1-2-4-14)6-9(13)10(8)11(15)16/h5-6H,1-4,14H2,(H,15,16). The summed E-state index contributed by atoms with van der Waals surface area (Å²) in [7, 11) is 0. The summed E-state index contributed by atoms with van der Waals surface area (Å²) >= 11 is 0. The van der Waals surface area contributed by atoms with Gasteiger partial charge in [-0.15, -0.1) is 0 Å². The zero-order valence-electron chi connectivity index (χ0n) is 8.67. The zero-order chi connectivity index (χ0) is 12.1. The molecule has 0 aliphatic carbocycles. The van der Waals surface area contributed by atoms with Crippen LogP contribution in [0.5, 0.6) is 0 Å². The molecule has 0 saturated carbocycles. The van der Waals surface area contributed by atoms with Crippen molar-refractivity contribution in [2.24, 2.45) is 5.73 Å². The number of carboxylic acid groups (broad SMARTS) is 1. The summed E-state index contributed by atoms with van der Waals surface area (Å²) in [5.41, 5.74) is 4.84. The largest absolute Gasteiger partial charge is 0.477 e. The first kappa shape index (κ1) is 12.6. The van der Waals surface area contributed by atoms with Crippen LogP contribution in [-0.4, -0.2) is 17.6 Å². The average molecular weight is 229 g/mol. The third-order valence-corrected chi connectivity index (χ3v) is 2.24. The first-order chi connectivity index (χ1) is 7.56. The van der Waals surface area contributed by atoms with Gasteiger partial charge in [0.05, 0.1) is 0 Å². The molecule has 0 aliphatic rings. The van der Waals surface area contributed by atoms with E-state index >= 15 is 0 Å². The molecule has 1 aromatic carbocycles. The number of aromatic carboxylic acids is 1. The fraction of sp³-hybridized carbons (Fsp3) is 0.364. The summed E-state index contributed by atoms with van der Waals surface area (Å²) in [5, 5.41) is 8.55. The first-order valence-electron chi connectivity index (χ1n) is 4.97. The molecule has 0 aliphatic heterocycles. The van der Waals surface area contributed by atoms with E-state index in [0.29, 0.717) is 18.5 Å². The molecule has 0 atom stereocenters. The monoisotopic (exact) mass is 229 g/mol. The van der Waals surface area contributed by atoms with Gasteiger partial charge in [0.2, 0.25) is 0 Å². The van der Waals surface area contributed by atoms with Crippen LogP contribution in [0.4, 0.5) is 8.78 Å². The molecule has 5 heteroatoms.